The van der Waals surface area contributed by atoms with E-state index in [0.29, 0.717) is 23.2 Å². The SMILES string of the molecule is NCCNCCNCc1cc(Cl)cc(OCc2ccc(Cl)cc2Br)c1. The molecular weight excluding hydrogens is 425 g/mol. The van der Waals surface area contributed by atoms with Crippen LogP contribution >= 0.6 is 39.1 Å². The lowest BCUT2D eigenvalue weighted by Crippen LogP contribution is -2.30. The predicted octanol–water partition coefficient (Wildman–Crippen LogP) is 3.97. The number of benzene rings is 2. The third-order valence-electron chi connectivity index (χ3n) is 3.47. The Hall–Kier alpha value is -0.820. The molecule has 4 N–H and O–H groups in total. The monoisotopic (exact) mass is 445 g/mol. The first-order chi connectivity index (χ1) is 12.1. The number of halogens is 3. The summed E-state index contributed by atoms with van der Waals surface area (Å²) in [7, 11) is 0. The Kier molecular flexibility index (Phi) is 9.03. The second-order valence-electron chi connectivity index (χ2n) is 5.54. The Morgan fingerprint density at radius 1 is 0.960 bits per heavy atom. The van der Waals surface area contributed by atoms with E-state index in [1.165, 1.54) is 0 Å². The minimum atomic E-state index is 0.438. The van der Waals surface area contributed by atoms with Crippen molar-refractivity contribution < 1.29 is 4.74 Å². The van der Waals surface area contributed by atoms with E-state index in [9.17, 15) is 0 Å². The van der Waals surface area contributed by atoms with E-state index in [4.69, 9.17) is 33.7 Å². The highest BCUT2D eigenvalue weighted by Crippen LogP contribution is 2.25. The molecule has 2 aromatic carbocycles. The van der Waals surface area contributed by atoms with Gasteiger partial charge < -0.3 is 21.1 Å². The molecule has 0 heterocycles. The first-order valence-corrected chi connectivity index (χ1v) is 9.61. The van der Waals surface area contributed by atoms with Crippen molar-refractivity contribution in [1.29, 1.82) is 0 Å². The van der Waals surface area contributed by atoms with Crippen molar-refractivity contribution in [2.75, 3.05) is 26.2 Å². The van der Waals surface area contributed by atoms with Gasteiger partial charge in [-0.1, -0.05) is 45.2 Å². The van der Waals surface area contributed by atoms with Crippen LogP contribution in [0.4, 0.5) is 0 Å². The zero-order valence-corrected chi connectivity index (χ0v) is 16.9. The van der Waals surface area contributed by atoms with Crippen LogP contribution in [-0.2, 0) is 13.2 Å². The van der Waals surface area contributed by atoms with Crippen molar-refractivity contribution in [3.05, 3.63) is 62.0 Å². The van der Waals surface area contributed by atoms with Crippen LogP contribution in [0.5, 0.6) is 5.75 Å². The van der Waals surface area contributed by atoms with E-state index in [1.807, 2.05) is 36.4 Å². The largest absolute Gasteiger partial charge is 0.489 e. The molecule has 0 aromatic heterocycles. The van der Waals surface area contributed by atoms with Crippen molar-refractivity contribution in [3.8, 4) is 5.75 Å². The lowest BCUT2D eigenvalue weighted by molar-refractivity contribution is 0.305. The van der Waals surface area contributed by atoms with Crippen LogP contribution in [0, 0.1) is 0 Å². The van der Waals surface area contributed by atoms with Crippen LogP contribution in [0.15, 0.2) is 40.9 Å². The summed E-state index contributed by atoms with van der Waals surface area (Å²) >= 11 is 15.7. The maximum Gasteiger partial charge on any atom is 0.121 e. The fourth-order valence-corrected chi connectivity index (χ4v) is 3.29. The van der Waals surface area contributed by atoms with Gasteiger partial charge in [0, 0.05) is 52.8 Å². The first-order valence-electron chi connectivity index (χ1n) is 8.06. The zero-order valence-electron chi connectivity index (χ0n) is 13.8. The Morgan fingerprint density at radius 2 is 1.76 bits per heavy atom. The quantitative estimate of drug-likeness (QED) is 0.483. The van der Waals surface area contributed by atoms with Gasteiger partial charge in [0.15, 0.2) is 0 Å². The minimum Gasteiger partial charge on any atom is -0.489 e. The van der Waals surface area contributed by atoms with Crippen LogP contribution < -0.4 is 21.1 Å². The number of nitrogens with one attached hydrogen (secondary N) is 2. The first kappa shape index (κ1) is 20.5. The summed E-state index contributed by atoms with van der Waals surface area (Å²) < 4.78 is 6.81. The highest BCUT2D eigenvalue weighted by Gasteiger charge is 2.05. The average Bonchev–Trinajstić information content (AvgIpc) is 2.57. The maximum absolute atomic E-state index is 6.20. The predicted molar refractivity (Wildman–Crippen MR) is 109 cm³/mol. The second kappa shape index (κ2) is 11.0. The molecule has 0 saturated carbocycles. The van der Waals surface area contributed by atoms with E-state index in [0.717, 1.165) is 47.5 Å². The number of hydrogen-bond donors (Lipinski definition) is 3. The van der Waals surface area contributed by atoms with Gasteiger partial charge in [0.05, 0.1) is 0 Å². The van der Waals surface area contributed by atoms with E-state index < -0.39 is 0 Å². The van der Waals surface area contributed by atoms with Crippen LogP contribution in [-0.4, -0.2) is 26.2 Å². The summed E-state index contributed by atoms with van der Waals surface area (Å²) in [5.41, 5.74) is 7.54. The van der Waals surface area contributed by atoms with E-state index in [2.05, 4.69) is 26.6 Å². The normalized spacial score (nSPS) is 10.9. The van der Waals surface area contributed by atoms with E-state index in [1.54, 1.807) is 0 Å². The molecule has 0 amide bonds. The van der Waals surface area contributed by atoms with Gasteiger partial charge in [-0.3, -0.25) is 0 Å². The van der Waals surface area contributed by atoms with Crippen LogP contribution in [0.1, 0.15) is 11.1 Å². The molecule has 0 atom stereocenters. The number of hydrogen-bond acceptors (Lipinski definition) is 4. The second-order valence-corrected chi connectivity index (χ2v) is 7.26. The lowest BCUT2D eigenvalue weighted by atomic mass is 10.2. The molecule has 0 radical (unpaired) electrons. The fraction of sp³-hybridized carbons (Fsp3) is 0.333. The third-order valence-corrected chi connectivity index (χ3v) is 4.66. The van der Waals surface area contributed by atoms with Gasteiger partial charge in [0.2, 0.25) is 0 Å². The molecule has 25 heavy (non-hydrogen) atoms. The molecule has 0 bridgehead atoms. The van der Waals surface area contributed by atoms with Crippen molar-refractivity contribution in [3.63, 3.8) is 0 Å². The fourth-order valence-electron chi connectivity index (χ4n) is 2.24. The van der Waals surface area contributed by atoms with Crippen molar-refractivity contribution in [2.45, 2.75) is 13.2 Å². The maximum atomic E-state index is 6.20. The molecule has 0 spiro atoms. The van der Waals surface area contributed by atoms with Gasteiger partial charge in [-0.15, -0.1) is 0 Å². The summed E-state index contributed by atoms with van der Waals surface area (Å²) in [6.45, 7) is 4.39. The summed E-state index contributed by atoms with van der Waals surface area (Å²) in [6.07, 6.45) is 0. The van der Waals surface area contributed by atoms with Crippen LogP contribution in [0.2, 0.25) is 10.0 Å². The smallest absolute Gasteiger partial charge is 0.121 e. The molecule has 0 fully saturated rings. The molecule has 2 rings (SSSR count). The molecule has 0 unspecified atom stereocenters. The average molecular weight is 447 g/mol. The molecule has 2 aromatic rings. The number of ether oxygens (including phenoxy) is 1. The van der Waals surface area contributed by atoms with E-state index >= 15 is 0 Å². The Bertz CT molecular complexity index is 685. The number of nitrogens with two attached hydrogens (primary N) is 1. The van der Waals surface area contributed by atoms with Gasteiger partial charge >= 0.3 is 0 Å². The van der Waals surface area contributed by atoms with Crippen molar-refractivity contribution in [2.24, 2.45) is 5.73 Å². The zero-order chi connectivity index (χ0) is 18.1. The third kappa shape index (κ3) is 7.52. The van der Waals surface area contributed by atoms with Crippen molar-refractivity contribution >= 4 is 39.1 Å². The van der Waals surface area contributed by atoms with Crippen LogP contribution in [0.3, 0.4) is 0 Å². The standard InChI is InChI=1S/C18H22BrCl2N3O/c19-18-10-15(20)2-1-14(18)12-25-17-8-13(7-16(21)9-17)11-24-6-5-23-4-3-22/h1-2,7-10,23-24H,3-6,11-12,22H2. The molecule has 0 aliphatic heterocycles. The van der Waals surface area contributed by atoms with Gasteiger partial charge in [-0.25, -0.2) is 0 Å². The Morgan fingerprint density at radius 3 is 2.52 bits per heavy atom. The van der Waals surface area contributed by atoms with Gasteiger partial charge in [-0.2, -0.15) is 0 Å². The summed E-state index contributed by atoms with van der Waals surface area (Å²) in [5.74, 6) is 0.743. The molecule has 0 aliphatic rings. The van der Waals surface area contributed by atoms with Crippen LogP contribution in [0.25, 0.3) is 0 Å². The molecule has 7 heteroatoms. The highest BCUT2D eigenvalue weighted by molar-refractivity contribution is 9.10. The number of rotatable bonds is 10. The van der Waals surface area contributed by atoms with Gasteiger partial charge in [0.25, 0.3) is 0 Å². The minimum absolute atomic E-state index is 0.438. The lowest BCUT2D eigenvalue weighted by Gasteiger charge is -2.11. The summed E-state index contributed by atoms with van der Waals surface area (Å²) in [4.78, 5) is 0. The Balaban J connectivity index is 1.87. The summed E-state index contributed by atoms with van der Waals surface area (Å²) in [5, 5.41) is 7.95. The van der Waals surface area contributed by atoms with Gasteiger partial charge in [0.1, 0.15) is 12.4 Å². The molecule has 4 nitrogen and oxygen atoms in total. The molecule has 0 saturated heterocycles. The van der Waals surface area contributed by atoms with Gasteiger partial charge in [-0.05, 0) is 35.9 Å². The van der Waals surface area contributed by atoms with Crippen molar-refractivity contribution in [1.82, 2.24) is 10.6 Å². The topological polar surface area (TPSA) is 59.3 Å². The van der Waals surface area contributed by atoms with E-state index in [-0.39, 0.29) is 0 Å². The highest BCUT2D eigenvalue weighted by atomic mass is 79.9. The summed E-state index contributed by atoms with van der Waals surface area (Å²) in [6, 6.07) is 11.4. The molecule has 0 aliphatic carbocycles. The Labute approximate surface area is 167 Å². The molecule has 136 valence electrons. The molecular formula is C18H22BrCl2N3O.